The number of nitro groups is 1. The van der Waals surface area contributed by atoms with Gasteiger partial charge in [0.05, 0.1) is 22.6 Å². The summed E-state index contributed by atoms with van der Waals surface area (Å²) in [4.78, 5) is 13.7. The van der Waals surface area contributed by atoms with Crippen molar-refractivity contribution in [3.8, 4) is 0 Å². The van der Waals surface area contributed by atoms with Crippen molar-refractivity contribution in [3.05, 3.63) is 28.1 Å². The third kappa shape index (κ3) is 1.19. The number of nitrogens with one attached hydrogen (secondary N) is 1. The van der Waals surface area contributed by atoms with Gasteiger partial charge in [-0.3, -0.25) is 15.2 Å². The number of fused-ring (bicyclic) bond motifs is 1. The Kier molecular flexibility index (Phi) is 1.86. The molecule has 0 aliphatic rings. The zero-order valence-corrected chi connectivity index (χ0v) is 6.97. The van der Waals surface area contributed by atoms with Crippen LogP contribution in [0.25, 0.3) is 11.0 Å². The number of nitrogens with zero attached hydrogens (tertiary/aromatic N) is 3. The summed E-state index contributed by atoms with van der Waals surface area (Å²) in [5, 5.41) is 26.1. The van der Waals surface area contributed by atoms with E-state index >= 15 is 0 Å². The maximum atomic E-state index is 10.4. The van der Waals surface area contributed by atoms with Gasteiger partial charge >= 0.3 is 0 Å². The predicted octanol–water partition coefficient (Wildman–Crippen LogP) is 0.358. The highest BCUT2D eigenvalue weighted by Gasteiger charge is 2.11. The highest BCUT2D eigenvalue weighted by atomic mass is 16.6. The van der Waals surface area contributed by atoms with E-state index in [2.05, 4.69) is 15.2 Å². The van der Waals surface area contributed by atoms with Crippen LogP contribution in [-0.4, -0.2) is 25.2 Å². The first-order chi connectivity index (χ1) is 6.72. The van der Waals surface area contributed by atoms with E-state index in [4.69, 9.17) is 5.11 Å². The maximum Gasteiger partial charge on any atom is 0.288 e. The molecule has 2 N–H and O–H groups in total. The van der Waals surface area contributed by atoms with E-state index in [-0.39, 0.29) is 12.3 Å². The lowest BCUT2D eigenvalue weighted by molar-refractivity contribution is -0.385. The van der Waals surface area contributed by atoms with Crippen LogP contribution in [0, 0.1) is 10.1 Å². The number of aliphatic hydroxyl groups is 1. The summed E-state index contributed by atoms with van der Waals surface area (Å²) < 4.78 is 0. The zero-order chi connectivity index (χ0) is 10.1. The van der Waals surface area contributed by atoms with E-state index in [1.165, 1.54) is 6.07 Å². The lowest BCUT2D eigenvalue weighted by Crippen LogP contribution is -1.89. The fourth-order valence-corrected chi connectivity index (χ4v) is 1.16. The summed E-state index contributed by atoms with van der Waals surface area (Å²) in [6, 6.07) is 1.33. The molecule has 2 aromatic heterocycles. The molecule has 0 aromatic carbocycles. The first-order valence-electron chi connectivity index (χ1n) is 3.80. The van der Waals surface area contributed by atoms with E-state index in [1.54, 1.807) is 0 Å². The Morgan fingerprint density at radius 2 is 2.43 bits per heavy atom. The van der Waals surface area contributed by atoms with Crippen LogP contribution in [0.4, 0.5) is 5.69 Å². The first kappa shape index (κ1) is 8.57. The Hall–Kier alpha value is -2.02. The summed E-state index contributed by atoms with van der Waals surface area (Å²) in [6.07, 6.45) is 1.13. The number of aromatic amines is 1. The van der Waals surface area contributed by atoms with Gasteiger partial charge in [-0.2, -0.15) is 5.10 Å². The zero-order valence-electron chi connectivity index (χ0n) is 6.97. The highest BCUT2D eigenvalue weighted by molar-refractivity contribution is 5.79. The summed E-state index contributed by atoms with van der Waals surface area (Å²) >= 11 is 0. The standard InChI is InChI=1S/C7H6N4O3/c12-3-6-5-1-4(11(13)14)2-8-7(5)10-9-6/h1-2,12H,3H2,(H,8,9,10). The number of hydrogen-bond donors (Lipinski definition) is 2. The summed E-state index contributed by atoms with van der Waals surface area (Å²) in [6.45, 7) is -0.251. The molecular weight excluding hydrogens is 188 g/mol. The minimum atomic E-state index is -0.541. The van der Waals surface area contributed by atoms with Gasteiger partial charge in [0, 0.05) is 6.07 Å². The third-order valence-corrected chi connectivity index (χ3v) is 1.84. The quantitative estimate of drug-likeness (QED) is 0.530. The lowest BCUT2D eigenvalue weighted by Gasteiger charge is -1.91. The van der Waals surface area contributed by atoms with Crippen LogP contribution < -0.4 is 0 Å². The van der Waals surface area contributed by atoms with Crippen molar-refractivity contribution in [2.45, 2.75) is 6.61 Å². The summed E-state index contributed by atoms with van der Waals surface area (Å²) in [7, 11) is 0. The Bertz CT molecular complexity index is 493. The Morgan fingerprint density at radius 3 is 3.07 bits per heavy atom. The van der Waals surface area contributed by atoms with Gasteiger partial charge < -0.3 is 5.11 Å². The van der Waals surface area contributed by atoms with Gasteiger partial charge in [-0.1, -0.05) is 0 Å². The van der Waals surface area contributed by atoms with Crippen molar-refractivity contribution in [1.82, 2.24) is 15.2 Å². The van der Waals surface area contributed by atoms with Gasteiger partial charge in [-0.15, -0.1) is 0 Å². The Labute approximate surface area is 77.5 Å². The molecule has 7 nitrogen and oxygen atoms in total. The second-order valence-electron chi connectivity index (χ2n) is 2.68. The topological polar surface area (TPSA) is 105 Å². The summed E-state index contributed by atoms with van der Waals surface area (Å²) in [5.74, 6) is 0. The van der Waals surface area contributed by atoms with Crippen LogP contribution in [0.1, 0.15) is 5.69 Å². The molecule has 0 unspecified atom stereocenters. The first-order valence-corrected chi connectivity index (χ1v) is 3.80. The summed E-state index contributed by atoms with van der Waals surface area (Å²) in [5.41, 5.74) is 0.671. The molecule has 0 bridgehead atoms. The molecule has 2 rings (SSSR count). The van der Waals surface area contributed by atoms with Gasteiger partial charge in [0.1, 0.15) is 6.20 Å². The van der Waals surface area contributed by atoms with Gasteiger partial charge in [0.2, 0.25) is 0 Å². The molecule has 2 aromatic rings. The van der Waals surface area contributed by atoms with Crippen molar-refractivity contribution >= 4 is 16.7 Å². The molecule has 72 valence electrons. The molecule has 7 heteroatoms. The second-order valence-corrected chi connectivity index (χ2v) is 2.68. The average molecular weight is 194 g/mol. The molecule has 0 fully saturated rings. The monoisotopic (exact) mass is 194 g/mol. The second kappa shape index (κ2) is 3.04. The maximum absolute atomic E-state index is 10.4. The van der Waals surface area contributed by atoms with Crippen LogP contribution in [0.15, 0.2) is 12.3 Å². The number of aliphatic hydroxyl groups excluding tert-OH is 1. The molecular formula is C7H6N4O3. The van der Waals surface area contributed by atoms with E-state index in [0.717, 1.165) is 6.20 Å². The van der Waals surface area contributed by atoms with E-state index in [9.17, 15) is 10.1 Å². The number of hydrogen-bond acceptors (Lipinski definition) is 5. The molecule has 14 heavy (non-hydrogen) atoms. The number of rotatable bonds is 2. The van der Waals surface area contributed by atoms with Crippen molar-refractivity contribution in [2.24, 2.45) is 0 Å². The van der Waals surface area contributed by atoms with Gasteiger partial charge in [-0.25, -0.2) is 4.98 Å². The lowest BCUT2D eigenvalue weighted by atomic mass is 10.2. The van der Waals surface area contributed by atoms with Gasteiger partial charge in [0.25, 0.3) is 5.69 Å². The minimum absolute atomic E-state index is 0.117. The van der Waals surface area contributed by atoms with Crippen molar-refractivity contribution in [1.29, 1.82) is 0 Å². The number of H-pyrrole nitrogens is 1. The van der Waals surface area contributed by atoms with Gasteiger partial charge in [-0.05, 0) is 0 Å². The molecule has 0 aliphatic carbocycles. The van der Waals surface area contributed by atoms with Crippen LogP contribution in [0.3, 0.4) is 0 Å². The molecule has 0 saturated heterocycles. The molecule has 0 atom stereocenters. The normalized spacial score (nSPS) is 10.6. The van der Waals surface area contributed by atoms with Crippen LogP contribution in [-0.2, 0) is 6.61 Å². The van der Waals surface area contributed by atoms with Crippen molar-refractivity contribution < 1.29 is 10.0 Å². The number of pyridine rings is 1. The van der Waals surface area contributed by atoms with Crippen LogP contribution in [0.2, 0.25) is 0 Å². The van der Waals surface area contributed by atoms with Crippen LogP contribution in [0.5, 0.6) is 0 Å². The van der Waals surface area contributed by atoms with Crippen molar-refractivity contribution in [3.63, 3.8) is 0 Å². The van der Waals surface area contributed by atoms with E-state index in [1.807, 2.05) is 0 Å². The molecule has 0 amide bonds. The van der Waals surface area contributed by atoms with Gasteiger partial charge in [0.15, 0.2) is 5.65 Å². The van der Waals surface area contributed by atoms with E-state index in [0.29, 0.717) is 16.7 Å². The van der Waals surface area contributed by atoms with Crippen molar-refractivity contribution in [2.75, 3.05) is 0 Å². The largest absolute Gasteiger partial charge is 0.390 e. The third-order valence-electron chi connectivity index (χ3n) is 1.84. The molecule has 0 radical (unpaired) electrons. The van der Waals surface area contributed by atoms with Crippen LogP contribution >= 0.6 is 0 Å². The average Bonchev–Trinajstić information content (AvgIpc) is 2.59. The molecule has 0 saturated carbocycles. The highest BCUT2D eigenvalue weighted by Crippen LogP contribution is 2.19. The number of aromatic nitrogens is 3. The molecule has 2 heterocycles. The SMILES string of the molecule is O=[N+]([O-])c1cnc2n[nH]c(CO)c2c1. The predicted molar refractivity (Wildman–Crippen MR) is 46.5 cm³/mol. The Morgan fingerprint density at radius 1 is 1.64 bits per heavy atom. The fourth-order valence-electron chi connectivity index (χ4n) is 1.16. The smallest absolute Gasteiger partial charge is 0.288 e. The molecule has 0 spiro atoms. The fraction of sp³-hybridized carbons (Fsp3) is 0.143. The molecule has 0 aliphatic heterocycles. The van der Waals surface area contributed by atoms with E-state index < -0.39 is 4.92 Å². The minimum Gasteiger partial charge on any atom is -0.390 e. The Balaban J connectivity index is 2.67.